The van der Waals surface area contributed by atoms with Gasteiger partial charge in [0.2, 0.25) is 17.8 Å². The highest BCUT2D eigenvalue weighted by Gasteiger charge is 2.36. The Kier molecular flexibility index (Phi) is 6.42. The van der Waals surface area contributed by atoms with Gasteiger partial charge in [-0.1, -0.05) is 18.7 Å². The summed E-state index contributed by atoms with van der Waals surface area (Å²) in [5.74, 6) is -1.05. The molecule has 164 valence electrons. The van der Waals surface area contributed by atoms with Crippen molar-refractivity contribution in [3.05, 3.63) is 48.7 Å². The van der Waals surface area contributed by atoms with Gasteiger partial charge in [0.1, 0.15) is 11.4 Å². The van der Waals surface area contributed by atoms with Gasteiger partial charge in [0.25, 0.3) is 0 Å². The molecule has 0 radical (unpaired) electrons. The second-order valence-electron chi connectivity index (χ2n) is 6.91. The van der Waals surface area contributed by atoms with E-state index in [1.807, 2.05) is 0 Å². The quantitative estimate of drug-likeness (QED) is 0.603. The third kappa shape index (κ3) is 5.50. The highest BCUT2D eigenvalue weighted by Crippen LogP contribution is 2.36. The number of rotatable bonds is 6. The largest absolute Gasteiger partial charge is 0.421 e. The Bertz CT molecular complexity index is 995. The molecule has 3 N–H and O–H groups in total. The molecule has 2 amide bonds. The molecular weight excluding hydrogens is 413 g/mol. The third-order valence-electron chi connectivity index (χ3n) is 4.68. The maximum Gasteiger partial charge on any atom is 0.421 e. The van der Waals surface area contributed by atoms with Crippen LogP contribution in [0.25, 0.3) is 0 Å². The molecule has 0 unspecified atom stereocenters. The molecule has 8 nitrogen and oxygen atoms in total. The number of nitrogens with zero attached hydrogens (tertiary/aromatic N) is 3. The summed E-state index contributed by atoms with van der Waals surface area (Å²) in [6, 6.07) is 6.10. The predicted octanol–water partition coefficient (Wildman–Crippen LogP) is 3.40. The zero-order chi connectivity index (χ0) is 22.6. The number of alkyl halides is 3. The molecule has 1 atom stereocenters. The lowest BCUT2D eigenvalue weighted by molar-refractivity contribution is -0.137. The number of hydrogen-bond donors (Lipinski definition) is 3. The van der Waals surface area contributed by atoms with Crippen molar-refractivity contribution < 1.29 is 22.8 Å². The summed E-state index contributed by atoms with van der Waals surface area (Å²) < 4.78 is 40.6. The monoisotopic (exact) mass is 434 g/mol. The summed E-state index contributed by atoms with van der Waals surface area (Å²) in [5.41, 5.74) is -0.572. The first-order valence-corrected chi connectivity index (χ1v) is 9.43. The van der Waals surface area contributed by atoms with Crippen LogP contribution in [0.2, 0.25) is 0 Å². The summed E-state index contributed by atoms with van der Waals surface area (Å²) in [6.45, 7) is 5.78. The van der Waals surface area contributed by atoms with Crippen molar-refractivity contribution in [3.63, 3.8) is 0 Å². The molecule has 0 saturated carbocycles. The lowest BCUT2D eigenvalue weighted by atomic mass is 10.2. The first-order chi connectivity index (χ1) is 14.7. The molecule has 0 aliphatic carbocycles. The summed E-state index contributed by atoms with van der Waals surface area (Å²) in [7, 11) is 0. The molecule has 2 heterocycles. The SMILES string of the molecule is C=CC(=O)Nc1ccccc1Nc1nc(N[C@H]2CCN(C(C)=O)C2)ncc1C(F)(F)F. The first-order valence-electron chi connectivity index (χ1n) is 9.43. The summed E-state index contributed by atoms with van der Waals surface area (Å²) in [5, 5.41) is 8.16. The molecule has 11 heteroatoms. The van der Waals surface area contributed by atoms with E-state index in [9.17, 15) is 22.8 Å². The van der Waals surface area contributed by atoms with E-state index in [2.05, 4.69) is 32.5 Å². The van der Waals surface area contributed by atoms with E-state index >= 15 is 0 Å². The Hall–Kier alpha value is -3.63. The molecule has 1 aliphatic heterocycles. The minimum Gasteiger partial charge on any atom is -0.350 e. The van der Waals surface area contributed by atoms with Gasteiger partial charge < -0.3 is 20.9 Å². The second kappa shape index (κ2) is 9.02. The van der Waals surface area contributed by atoms with Gasteiger partial charge in [0, 0.05) is 32.3 Å². The van der Waals surface area contributed by atoms with Crippen LogP contribution in [-0.4, -0.2) is 45.8 Å². The number of anilines is 4. The third-order valence-corrected chi connectivity index (χ3v) is 4.68. The smallest absolute Gasteiger partial charge is 0.350 e. The van der Waals surface area contributed by atoms with Crippen LogP contribution in [0.1, 0.15) is 18.9 Å². The van der Waals surface area contributed by atoms with E-state index in [1.165, 1.54) is 19.1 Å². The minimum atomic E-state index is -4.70. The number of para-hydroxylation sites is 2. The number of carbonyl (C=O) groups is 2. The highest BCUT2D eigenvalue weighted by molar-refractivity contribution is 6.01. The van der Waals surface area contributed by atoms with Crippen LogP contribution in [-0.2, 0) is 15.8 Å². The molecule has 1 aromatic carbocycles. The van der Waals surface area contributed by atoms with E-state index in [0.29, 0.717) is 25.7 Å². The zero-order valence-electron chi connectivity index (χ0n) is 16.7. The van der Waals surface area contributed by atoms with Crippen LogP contribution >= 0.6 is 0 Å². The Morgan fingerprint density at radius 2 is 1.97 bits per heavy atom. The van der Waals surface area contributed by atoms with Crippen molar-refractivity contribution in [2.24, 2.45) is 0 Å². The number of benzene rings is 1. The first kappa shape index (κ1) is 22.1. The highest BCUT2D eigenvalue weighted by atomic mass is 19.4. The molecule has 3 rings (SSSR count). The van der Waals surface area contributed by atoms with Crippen LogP contribution in [0.4, 0.5) is 36.3 Å². The molecule has 1 aliphatic rings. The van der Waals surface area contributed by atoms with Crippen molar-refractivity contribution in [3.8, 4) is 0 Å². The lowest BCUT2D eigenvalue weighted by Gasteiger charge is -2.18. The Morgan fingerprint density at radius 3 is 2.58 bits per heavy atom. The number of hydrogen-bond acceptors (Lipinski definition) is 6. The fourth-order valence-electron chi connectivity index (χ4n) is 3.11. The fourth-order valence-corrected chi connectivity index (χ4v) is 3.11. The van der Waals surface area contributed by atoms with Crippen LogP contribution in [0.5, 0.6) is 0 Å². The van der Waals surface area contributed by atoms with Gasteiger partial charge >= 0.3 is 6.18 Å². The van der Waals surface area contributed by atoms with Crippen molar-refractivity contribution in [1.82, 2.24) is 14.9 Å². The van der Waals surface area contributed by atoms with Gasteiger partial charge in [-0.05, 0) is 24.6 Å². The number of nitrogens with one attached hydrogen (secondary N) is 3. The molecule has 1 aromatic heterocycles. The summed E-state index contributed by atoms with van der Waals surface area (Å²) >= 11 is 0. The van der Waals surface area contributed by atoms with Crippen LogP contribution in [0.15, 0.2) is 43.1 Å². The van der Waals surface area contributed by atoms with Crippen molar-refractivity contribution in [2.45, 2.75) is 25.6 Å². The van der Waals surface area contributed by atoms with E-state index in [4.69, 9.17) is 0 Å². The molecule has 0 bridgehead atoms. The predicted molar refractivity (Wildman–Crippen MR) is 110 cm³/mol. The van der Waals surface area contributed by atoms with Gasteiger partial charge in [0.05, 0.1) is 11.4 Å². The average molecular weight is 434 g/mol. The average Bonchev–Trinajstić information content (AvgIpc) is 3.17. The van der Waals surface area contributed by atoms with Crippen molar-refractivity contribution in [2.75, 3.05) is 29.0 Å². The standard InChI is InChI=1S/C20H21F3N6O2/c1-3-17(31)26-15-6-4-5-7-16(15)27-18-14(20(21,22)23)10-24-19(28-18)25-13-8-9-29(11-13)12(2)30/h3-7,10,13H,1,8-9,11H2,2H3,(H,26,31)(H2,24,25,27,28)/t13-/m0/s1. The van der Waals surface area contributed by atoms with E-state index in [-0.39, 0.29) is 29.3 Å². The van der Waals surface area contributed by atoms with Gasteiger partial charge in [-0.3, -0.25) is 9.59 Å². The second-order valence-corrected chi connectivity index (χ2v) is 6.91. The molecule has 0 spiro atoms. The van der Waals surface area contributed by atoms with Crippen molar-refractivity contribution in [1.29, 1.82) is 0 Å². The molecule has 31 heavy (non-hydrogen) atoms. The Morgan fingerprint density at radius 1 is 1.26 bits per heavy atom. The number of aromatic nitrogens is 2. The van der Waals surface area contributed by atoms with Gasteiger partial charge in [-0.15, -0.1) is 0 Å². The van der Waals surface area contributed by atoms with Crippen LogP contribution in [0, 0.1) is 0 Å². The number of carbonyl (C=O) groups excluding carboxylic acids is 2. The summed E-state index contributed by atoms with van der Waals surface area (Å²) in [6.07, 6.45) is -2.32. The maximum atomic E-state index is 13.5. The Labute approximate surface area is 176 Å². The zero-order valence-corrected chi connectivity index (χ0v) is 16.7. The van der Waals surface area contributed by atoms with E-state index < -0.39 is 23.5 Å². The van der Waals surface area contributed by atoms with Gasteiger partial charge in [-0.2, -0.15) is 18.2 Å². The number of likely N-dealkylation sites (tertiary alicyclic amines) is 1. The van der Waals surface area contributed by atoms with E-state index in [0.717, 1.165) is 6.08 Å². The number of amides is 2. The van der Waals surface area contributed by atoms with Crippen molar-refractivity contribution >= 4 is 35.0 Å². The van der Waals surface area contributed by atoms with Crippen LogP contribution in [0.3, 0.4) is 0 Å². The molecule has 1 saturated heterocycles. The number of halogens is 3. The normalized spacial score (nSPS) is 16.0. The molecule has 1 fully saturated rings. The molecule has 2 aromatic rings. The minimum absolute atomic E-state index is 0.00138. The fraction of sp³-hybridized carbons (Fsp3) is 0.300. The summed E-state index contributed by atoms with van der Waals surface area (Å²) in [4.78, 5) is 32.6. The van der Waals surface area contributed by atoms with E-state index in [1.54, 1.807) is 17.0 Å². The van der Waals surface area contributed by atoms with Gasteiger partial charge in [0.15, 0.2) is 0 Å². The maximum absolute atomic E-state index is 13.5. The van der Waals surface area contributed by atoms with Gasteiger partial charge in [-0.25, -0.2) is 4.98 Å². The van der Waals surface area contributed by atoms with Crippen LogP contribution < -0.4 is 16.0 Å². The molecular formula is C20H21F3N6O2. The topological polar surface area (TPSA) is 99.2 Å². The Balaban J connectivity index is 1.88. The lowest BCUT2D eigenvalue weighted by Crippen LogP contribution is -2.30.